The zero-order chi connectivity index (χ0) is 22.8. The van der Waals surface area contributed by atoms with Crippen molar-refractivity contribution < 1.29 is 19.0 Å². The Labute approximate surface area is 194 Å². The summed E-state index contributed by atoms with van der Waals surface area (Å²) in [7, 11) is 1.49. The van der Waals surface area contributed by atoms with E-state index in [-0.39, 0.29) is 12.0 Å². The van der Waals surface area contributed by atoms with Gasteiger partial charge < -0.3 is 24.0 Å². The molecule has 5 rings (SSSR count). The number of rotatable bonds is 5. The van der Waals surface area contributed by atoms with Crippen molar-refractivity contribution in [3.63, 3.8) is 0 Å². The predicted octanol–water partition coefficient (Wildman–Crippen LogP) is 3.24. The molecule has 0 radical (unpaired) electrons. The summed E-state index contributed by atoms with van der Waals surface area (Å²) in [6.45, 7) is 2.30. The lowest BCUT2D eigenvalue weighted by molar-refractivity contribution is 0.0777. The highest BCUT2D eigenvalue weighted by atomic mass is 32.1. The van der Waals surface area contributed by atoms with Crippen molar-refractivity contribution in [2.75, 3.05) is 38.3 Å². The maximum atomic E-state index is 12.6. The van der Waals surface area contributed by atoms with Crippen LogP contribution in [0.1, 0.15) is 21.7 Å². The SMILES string of the molecule is COc1ncc(N2CCOc3ccc(OC4CCN(C(=O)c5cncs5)C4)cc32)cc1C#N. The average Bonchev–Trinajstić information content (AvgIpc) is 3.55. The summed E-state index contributed by atoms with van der Waals surface area (Å²) in [5.74, 6) is 1.72. The molecule has 1 fully saturated rings. The second-order valence-electron chi connectivity index (χ2n) is 7.64. The minimum atomic E-state index is -0.0919. The van der Waals surface area contributed by atoms with Gasteiger partial charge in [-0.2, -0.15) is 5.26 Å². The first-order valence-corrected chi connectivity index (χ1v) is 11.4. The molecule has 2 aliphatic heterocycles. The lowest BCUT2D eigenvalue weighted by Crippen LogP contribution is -2.30. The van der Waals surface area contributed by atoms with E-state index < -0.39 is 0 Å². The van der Waals surface area contributed by atoms with Crippen molar-refractivity contribution >= 4 is 28.6 Å². The van der Waals surface area contributed by atoms with E-state index in [1.54, 1.807) is 28.9 Å². The van der Waals surface area contributed by atoms with Gasteiger partial charge in [0.25, 0.3) is 5.91 Å². The standard InChI is InChI=1S/C23H21N5O4S/c1-30-22-15(10-24)8-16(11-26-22)28-6-7-31-20-3-2-17(9-19(20)28)32-18-4-5-27(13-18)23(29)21-12-25-14-33-21/h2-3,8-9,11-12,14,18H,4-7,13H2,1H3. The van der Waals surface area contributed by atoms with Crippen molar-refractivity contribution in [1.29, 1.82) is 5.26 Å². The predicted molar refractivity (Wildman–Crippen MR) is 121 cm³/mol. The number of pyridine rings is 1. The molecule has 4 heterocycles. The lowest BCUT2D eigenvalue weighted by atomic mass is 10.2. The number of aromatic nitrogens is 2. The number of ether oxygens (including phenoxy) is 3. The summed E-state index contributed by atoms with van der Waals surface area (Å²) in [4.78, 5) is 25.3. The van der Waals surface area contributed by atoms with Crippen LogP contribution in [-0.2, 0) is 0 Å². The fraction of sp³-hybridized carbons (Fsp3) is 0.304. The van der Waals surface area contributed by atoms with E-state index in [0.29, 0.717) is 48.3 Å². The Morgan fingerprint density at radius 2 is 2.21 bits per heavy atom. The first kappa shape index (κ1) is 21.0. The quantitative estimate of drug-likeness (QED) is 0.568. The summed E-state index contributed by atoms with van der Waals surface area (Å²) < 4.78 is 17.2. The number of likely N-dealkylation sites (tertiary alicyclic amines) is 1. The Kier molecular flexibility index (Phi) is 5.71. The number of fused-ring (bicyclic) bond motifs is 1. The largest absolute Gasteiger partial charge is 0.490 e. The van der Waals surface area contributed by atoms with Gasteiger partial charge in [0.2, 0.25) is 5.88 Å². The Morgan fingerprint density at radius 1 is 1.30 bits per heavy atom. The van der Waals surface area contributed by atoms with Crippen LogP contribution in [0.3, 0.4) is 0 Å². The Morgan fingerprint density at radius 3 is 3.00 bits per heavy atom. The molecule has 33 heavy (non-hydrogen) atoms. The van der Waals surface area contributed by atoms with Gasteiger partial charge in [-0.3, -0.25) is 9.78 Å². The van der Waals surface area contributed by atoms with Gasteiger partial charge in [-0.05, 0) is 18.2 Å². The molecule has 0 saturated carbocycles. The normalized spacial score (nSPS) is 17.2. The van der Waals surface area contributed by atoms with Gasteiger partial charge in [0.15, 0.2) is 0 Å². The number of methoxy groups -OCH3 is 1. The van der Waals surface area contributed by atoms with E-state index in [9.17, 15) is 10.1 Å². The number of hydrogen-bond donors (Lipinski definition) is 0. The molecule has 0 spiro atoms. The highest BCUT2D eigenvalue weighted by Crippen LogP contribution is 2.40. The van der Waals surface area contributed by atoms with Crippen molar-refractivity contribution in [2.45, 2.75) is 12.5 Å². The molecule has 1 amide bonds. The lowest BCUT2D eigenvalue weighted by Gasteiger charge is -2.31. The van der Waals surface area contributed by atoms with Crippen LogP contribution in [0.5, 0.6) is 17.4 Å². The van der Waals surface area contributed by atoms with Crippen LogP contribution in [0.4, 0.5) is 11.4 Å². The van der Waals surface area contributed by atoms with Crippen LogP contribution in [-0.4, -0.2) is 60.2 Å². The van der Waals surface area contributed by atoms with Crippen molar-refractivity contribution in [3.8, 4) is 23.4 Å². The monoisotopic (exact) mass is 463 g/mol. The van der Waals surface area contributed by atoms with Gasteiger partial charge in [-0.15, -0.1) is 11.3 Å². The summed E-state index contributed by atoms with van der Waals surface area (Å²) in [6, 6.07) is 9.58. The van der Waals surface area contributed by atoms with Crippen LogP contribution in [0.15, 0.2) is 42.2 Å². The van der Waals surface area contributed by atoms with Crippen LogP contribution < -0.4 is 19.1 Å². The molecular weight excluding hydrogens is 442 g/mol. The molecule has 3 aromatic rings. The number of carbonyl (C=O) groups excluding carboxylic acids is 1. The molecule has 1 saturated heterocycles. The van der Waals surface area contributed by atoms with E-state index in [1.807, 2.05) is 23.1 Å². The number of amides is 1. The molecule has 1 aromatic carbocycles. The number of benzene rings is 1. The van der Waals surface area contributed by atoms with Gasteiger partial charge in [0.05, 0.1) is 49.5 Å². The zero-order valence-corrected chi connectivity index (χ0v) is 18.7. The molecule has 2 aromatic heterocycles. The summed E-state index contributed by atoms with van der Waals surface area (Å²) in [6.07, 6.45) is 3.95. The molecule has 0 N–H and O–H groups in total. The number of thiazole rings is 1. The molecule has 0 bridgehead atoms. The van der Waals surface area contributed by atoms with E-state index in [0.717, 1.165) is 23.5 Å². The third kappa shape index (κ3) is 4.15. The molecule has 2 aliphatic rings. The van der Waals surface area contributed by atoms with Crippen LogP contribution in [0.2, 0.25) is 0 Å². The second kappa shape index (κ2) is 8.96. The summed E-state index contributed by atoms with van der Waals surface area (Å²) >= 11 is 1.35. The van der Waals surface area contributed by atoms with E-state index >= 15 is 0 Å². The van der Waals surface area contributed by atoms with E-state index in [1.165, 1.54) is 18.4 Å². The Hall–Kier alpha value is -3.84. The average molecular weight is 464 g/mol. The Bertz CT molecular complexity index is 1210. The fourth-order valence-electron chi connectivity index (χ4n) is 4.05. The van der Waals surface area contributed by atoms with E-state index in [2.05, 4.69) is 16.0 Å². The maximum Gasteiger partial charge on any atom is 0.265 e. The minimum Gasteiger partial charge on any atom is -0.490 e. The van der Waals surface area contributed by atoms with Gasteiger partial charge in [0.1, 0.15) is 40.7 Å². The van der Waals surface area contributed by atoms with Crippen LogP contribution in [0.25, 0.3) is 0 Å². The smallest absolute Gasteiger partial charge is 0.265 e. The van der Waals surface area contributed by atoms with Gasteiger partial charge >= 0.3 is 0 Å². The number of nitrogens with zero attached hydrogens (tertiary/aromatic N) is 5. The van der Waals surface area contributed by atoms with Crippen molar-refractivity contribution in [1.82, 2.24) is 14.9 Å². The zero-order valence-electron chi connectivity index (χ0n) is 17.9. The molecule has 9 nitrogen and oxygen atoms in total. The van der Waals surface area contributed by atoms with Gasteiger partial charge in [-0.1, -0.05) is 0 Å². The third-order valence-electron chi connectivity index (χ3n) is 5.63. The van der Waals surface area contributed by atoms with Crippen LogP contribution in [0, 0.1) is 11.3 Å². The molecule has 10 heteroatoms. The Balaban J connectivity index is 1.34. The van der Waals surface area contributed by atoms with Crippen molar-refractivity contribution in [2.24, 2.45) is 0 Å². The maximum absolute atomic E-state index is 12.6. The number of hydrogen-bond acceptors (Lipinski definition) is 9. The molecule has 0 aliphatic carbocycles. The highest BCUT2D eigenvalue weighted by molar-refractivity contribution is 7.11. The molecule has 168 valence electrons. The highest BCUT2D eigenvalue weighted by Gasteiger charge is 2.29. The fourth-order valence-corrected chi connectivity index (χ4v) is 4.64. The topological polar surface area (TPSA) is 101 Å². The molecular formula is C23H21N5O4S. The molecule has 1 unspecified atom stereocenters. The summed E-state index contributed by atoms with van der Waals surface area (Å²) in [5.41, 5.74) is 3.64. The third-order valence-corrected chi connectivity index (χ3v) is 6.40. The minimum absolute atomic E-state index is 0.00563. The van der Waals surface area contributed by atoms with Gasteiger partial charge in [-0.25, -0.2) is 4.98 Å². The number of carbonyl (C=O) groups is 1. The number of nitriles is 1. The van der Waals surface area contributed by atoms with Gasteiger partial charge in [0, 0.05) is 19.0 Å². The first-order chi connectivity index (χ1) is 16.2. The molecule has 1 atom stereocenters. The van der Waals surface area contributed by atoms with Crippen molar-refractivity contribution in [3.05, 3.63) is 52.6 Å². The van der Waals surface area contributed by atoms with E-state index in [4.69, 9.17) is 14.2 Å². The number of anilines is 2. The second-order valence-corrected chi connectivity index (χ2v) is 8.52. The first-order valence-electron chi connectivity index (χ1n) is 10.5. The van der Waals surface area contributed by atoms with Crippen LogP contribution >= 0.6 is 11.3 Å². The summed E-state index contributed by atoms with van der Waals surface area (Å²) in [5, 5.41) is 9.43.